The number of allylic oxidation sites excluding steroid dienone is 1. The van der Waals surface area contributed by atoms with Crippen LogP contribution in [-0.4, -0.2) is 24.3 Å². The molecule has 1 rings (SSSR count). The van der Waals surface area contributed by atoms with E-state index >= 15 is 0 Å². The summed E-state index contributed by atoms with van der Waals surface area (Å²) in [5.41, 5.74) is 1.27. The van der Waals surface area contributed by atoms with Crippen LogP contribution in [-0.2, 0) is 9.59 Å². The van der Waals surface area contributed by atoms with E-state index in [1.54, 1.807) is 44.2 Å². The average Bonchev–Trinajstić information content (AvgIpc) is 2.49. The maximum absolute atomic E-state index is 12.1. The van der Waals surface area contributed by atoms with Gasteiger partial charge in [-0.25, -0.2) is 0 Å². The second-order valence-electron chi connectivity index (χ2n) is 4.93. The normalized spacial score (nSPS) is 9.73. The standard InChI is InChI=1S/C16H20N2O4/c1-11(2)14(16(22)17-10-6-9-13(19)20)18-15(21)12-7-4-3-5-8-12/h3-5,7-8H,6,9-10H2,1-2H3,(H,17,22)(H,18,21)(H,19,20)/p-1. The Labute approximate surface area is 129 Å². The monoisotopic (exact) mass is 303 g/mol. The van der Waals surface area contributed by atoms with Gasteiger partial charge in [0, 0.05) is 18.1 Å². The molecule has 118 valence electrons. The molecule has 1 aromatic rings. The summed E-state index contributed by atoms with van der Waals surface area (Å²) >= 11 is 0. The van der Waals surface area contributed by atoms with Crippen molar-refractivity contribution >= 4 is 17.8 Å². The quantitative estimate of drug-likeness (QED) is 0.561. The molecule has 2 N–H and O–H groups in total. The van der Waals surface area contributed by atoms with Crippen molar-refractivity contribution in [2.45, 2.75) is 26.7 Å². The summed E-state index contributed by atoms with van der Waals surface area (Å²) in [5.74, 6) is -1.97. The molecule has 0 unspecified atom stereocenters. The highest BCUT2D eigenvalue weighted by atomic mass is 16.4. The van der Waals surface area contributed by atoms with Gasteiger partial charge in [0.2, 0.25) is 0 Å². The van der Waals surface area contributed by atoms with Crippen LogP contribution in [0.15, 0.2) is 41.6 Å². The molecule has 1 aromatic carbocycles. The SMILES string of the molecule is CC(C)=C(NC(=O)c1ccccc1)C(=O)NCCCC(=O)[O-]. The van der Waals surface area contributed by atoms with Gasteiger partial charge in [-0.05, 0) is 44.4 Å². The Bertz CT molecular complexity index is 575. The van der Waals surface area contributed by atoms with Crippen LogP contribution in [0.25, 0.3) is 0 Å². The highest BCUT2D eigenvalue weighted by molar-refractivity contribution is 6.03. The Morgan fingerprint density at radius 1 is 1.09 bits per heavy atom. The summed E-state index contributed by atoms with van der Waals surface area (Å²) in [6.45, 7) is 3.62. The van der Waals surface area contributed by atoms with Gasteiger partial charge in [-0.3, -0.25) is 9.59 Å². The third-order valence-corrected chi connectivity index (χ3v) is 2.84. The van der Waals surface area contributed by atoms with Gasteiger partial charge in [0.05, 0.1) is 0 Å². The summed E-state index contributed by atoms with van der Waals surface area (Å²) in [7, 11) is 0. The highest BCUT2D eigenvalue weighted by Gasteiger charge is 2.15. The molecule has 22 heavy (non-hydrogen) atoms. The van der Waals surface area contributed by atoms with Crippen molar-refractivity contribution in [3.63, 3.8) is 0 Å². The van der Waals surface area contributed by atoms with E-state index in [-0.39, 0.29) is 31.0 Å². The number of nitrogens with one attached hydrogen (secondary N) is 2. The molecule has 0 spiro atoms. The Kier molecular flexibility index (Phi) is 6.82. The van der Waals surface area contributed by atoms with Crippen molar-refractivity contribution in [2.75, 3.05) is 6.54 Å². The number of rotatable bonds is 7. The first kappa shape index (κ1) is 17.4. The largest absolute Gasteiger partial charge is 0.550 e. The highest BCUT2D eigenvalue weighted by Crippen LogP contribution is 2.04. The molecule has 0 saturated heterocycles. The first-order chi connectivity index (χ1) is 10.4. The number of hydrogen-bond acceptors (Lipinski definition) is 4. The zero-order valence-corrected chi connectivity index (χ0v) is 12.6. The molecule has 2 amide bonds. The first-order valence-corrected chi connectivity index (χ1v) is 6.93. The fraction of sp³-hybridized carbons (Fsp3) is 0.312. The molecule has 0 fully saturated rings. The third kappa shape index (κ3) is 5.78. The molecular weight excluding hydrogens is 284 g/mol. The second-order valence-corrected chi connectivity index (χ2v) is 4.93. The van der Waals surface area contributed by atoms with Gasteiger partial charge >= 0.3 is 0 Å². The van der Waals surface area contributed by atoms with Crippen LogP contribution in [0, 0.1) is 0 Å². The number of aliphatic carboxylic acids is 1. The predicted octanol–water partition coefficient (Wildman–Crippen LogP) is 0.357. The fourth-order valence-electron chi connectivity index (χ4n) is 1.71. The first-order valence-electron chi connectivity index (χ1n) is 6.93. The van der Waals surface area contributed by atoms with E-state index in [0.717, 1.165) is 0 Å². The maximum Gasteiger partial charge on any atom is 0.267 e. The number of carboxylic acids is 1. The Hall–Kier alpha value is -2.63. The van der Waals surface area contributed by atoms with E-state index in [0.29, 0.717) is 11.1 Å². The number of carboxylic acid groups (broad SMARTS) is 1. The Balaban J connectivity index is 2.63. The van der Waals surface area contributed by atoms with Gasteiger partial charge in [-0.2, -0.15) is 0 Å². The number of hydrogen-bond donors (Lipinski definition) is 2. The maximum atomic E-state index is 12.1. The summed E-state index contributed by atoms with van der Waals surface area (Å²) < 4.78 is 0. The molecule has 0 aliphatic carbocycles. The minimum absolute atomic E-state index is 0.124. The van der Waals surface area contributed by atoms with Crippen molar-refractivity contribution in [3.8, 4) is 0 Å². The van der Waals surface area contributed by atoms with Crippen molar-refractivity contribution in [1.29, 1.82) is 0 Å². The number of carbonyl (C=O) groups is 3. The van der Waals surface area contributed by atoms with Crippen LogP contribution in [0.5, 0.6) is 0 Å². The Morgan fingerprint density at radius 3 is 2.27 bits per heavy atom. The fourth-order valence-corrected chi connectivity index (χ4v) is 1.71. The van der Waals surface area contributed by atoms with Gasteiger partial charge in [0.15, 0.2) is 0 Å². The number of benzene rings is 1. The molecule has 0 aromatic heterocycles. The molecule has 0 bridgehead atoms. The summed E-state index contributed by atoms with van der Waals surface area (Å²) in [5, 5.41) is 15.5. The van der Waals surface area contributed by atoms with Gasteiger partial charge in [0.1, 0.15) is 5.70 Å². The van der Waals surface area contributed by atoms with Crippen LogP contribution in [0.4, 0.5) is 0 Å². The lowest BCUT2D eigenvalue weighted by Gasteiger charge is -2.12. The van der Waals surface area contributed by atoms with Crippen molar-refractivity contribution in [1.82, 2.24) is 10.6 Å². The van der Waals surface area contributed by atoms with E-state index in [9.17, 15) is 19.5 Å². The minimum atomic E-state index is -1.16. The van der Waals surface area contributed by atoms with Crippen molar-refractivity contribution < 1.29 is 19.5 Å². The van der Waals surface area contributed by atoms with E-state index in [1.807, 2.05) is 0 Å². The molecule has 0 aliphatic heterocycles. The second kappa shape index (κ2) is 8.61. The van der Waals surface area contributed by atoms with Gasteiger partial charge in [-0.1, -0.05) is 18.2 Å². The molecule has 0 atom stereocenters. The van der Waals surface area contributed by atoms with E-state index in [4.69, 9.17) is 0 Å². The number of carbonyl (C=O) groups excluding carboxylic acids is 3. The summed E-state index contributed by atoms with van der Waals surface area (Å²) in [6, 6.07) is 8.56. The molecule has 6 heteroatoms. The smallest absolute Gasteiger partial charge is 0.267 e. The Morgan fingerprint density at radius 2 is 1.73 bits per heavy atom. The van der Waals surface area contributed by atoms with Crippen molar-refractivity contribution in [2.24, 2.45) is 0 Å². The lowest BCUT2D eigenvalue weighted by Crippen LogP contribution is -2.36. The van der Waals surface area contributed by atoms with Crippen LogP contribution < -0.4 is 15.7 Å². The van der Waals surface area contributed by atoms with E-state index in [1.165, 1.54) is 0 Å². The molecule has 6 nitrogen and oxygen atoms in total. The van der Waals surface area contributed by atoms with Gasteiger partial charge < -0.3 is 20.5 Å². The van der Waals surface area contributed by atoms with Crippen LogP contribution in [0.1, 0.15) is 37.0 Å². The summed E-state index contributed by atoms with van der Waals surface area (Å²) in [6.07, 6.45) is 0.150. The lowest BCUT2D eigenvalue weighted by atomic mass is 10.2. The molecule has 0 saturated carbocycles. The third-order valence-electron chi connectivity index (χ3n) is 2.84. The predicted molar refractivity (Wildman–Crippen MR) is 79.5 cm³/mol. The molecule has 0 heterocycles. The minimum Gasteiger partial charge on any atom is -0.550 e. The average molecular weight is 303 g/mol. The lowest BCUT2D eigenvalue weighted by molar-refractivity contribution is -0.305. The van der Waals surface area contributed by atoms with Gasteiger partial charge in [-0.15, -0.1) is 0 Å². The summed E-state index contributed by atoms with van der Waals surface area (Å²) in [4.78, 5) is 34.4. The molecule has 0 aliphatic rings. The van der Waals surface area contributed by atoms with E-state index in [2.05, 4.69) is 10.6 Å². The van der Waals surface area contributed by atoms with Crippen LogP contribution >= 0.6 is 0 Å². The molecular formula is C16H19N2O4-. The topological polar surface area (TPSA) is 98.3 Å². The zero-order chi connectivity index (χ0) is 16.5. The zero-order valence-electron chi connectivity index (χ0n) is 12.6. The molecule has 0 radical (unpaired) electrons. The number of amides is 2. The van der Waals surface area contributed by atoms with Crippen LogP contribution in [0.2, 0.25) is 0 Å². The van der Waals surface area contributed by atoms with Crippen molar-refractivity contribution in [3.05, 3.63) is 47.2 Å². The van der Waals surface area contributed by atoms with Gasteiger partial charge in [0.25, 0.3) is 11.8 Å². The van der Waals surface area contributed by atoms with Crippen LogP contribution in [0.3, 0.4) is 0 Å². The van der Waals surface area contributed by atoms with E-state index < -0.39 is 11.9 Å².